The summed E-state index contributed by atoms with van der Waals surface area (Å²) in [7, 11) is 0. The Morgan fingerprint density at radius 3 is 2.47 bits per heavy atom. The molecule has 2 N–H and O–H groups in total. The summed E-state index contributed by atoms with van der Waals surface area (Å²) in [6.07, 6.45) is 5.26. The van der Waals surface area contributed by atoms with Crippen molar-refractivity contribution in [3.05, 3.63) is 0 Å². The molecule has 0 aliphatic rings. The van der Waals surface area contributed by atoms with Crippen LogP contribution < -0.4 is 5.32 Å². The van der Waals surface area contributed by atoms with Gasteiger partial charge < -0.3 is 15.3 Å². The van der Waals surface area contributed by atoms with Gasteiger partial charge in [0.05, 0.1) is 0 Å². The second-order valence-electron chi connectivity index (χ2n) is 4.95. The number of thioether (sulfide) groups is 1. The van der Waals surface area contributed by atoms with Gasteiger partial charge in [-0.2, -0.15) is 11.8 Å². The maximum Gasteiger partial charge on any atom is 0.323 e. The summed E-state index contributed by atoms with van der Waals surface area (Å²) >= 11 is 1.82. The molecule has 0 aromatic rings. The summed E-state index contributed by atoms with van der Waals surface area (Å²) in [5, 5.41) is 11.6. The molecule has 0 aliphatic carbocycles. The van der Waals surface area contributed by atoms with Crippen LogP contribution in [0.25, 0.3) is 0 Å². The van der Waals surface area contributed by atoms with Crippen molar-refractivity contribution in [1.82, 2.24) is 10.2 Å². The number of carboxylic acids is 1. The van der Waals surface area contributed by atoms with Crippen LogP contribution >= 0.6 is 11.8 Å². The predicted molar refractivity (Wildman–Crippen MR) is 79.7 cm³/mol. The van der Waals surface area contributed by atoms with E-state index in [0.717, 1.165) is 25.0 Å². The SMILES string of the molecule is CSCCCCCNC(=O)N(CC(=O)O)CC(C)C. The first kappa shape index (κ1) is 18.1. The Balaban J connectivity index is 3.93. The molecule has 0 aromatic heterocycles. The van der Waals surface area contributed by atoms with Gasteiger partial charge in [0.2, 0.25) is 0 Å². The minimum absolute atomic E-state index is 0.240. The number of aliphatic carboxylic acids is 1. The second kappa shape index (κ2) is 11.0. The van der Waals surface area contributed by atoms with Crippen LogP contribution in [0.5, 0.6) is 0 Å². The lowest BCUT2D eigenvalue weighted by Crippen LogP contribution is -2.44. The zero-order valence-corrected chi connectivity index (χ0v) is 13.0. The average Bonchev–Trinajstić information content (AvgIpc) is 2.31. The normalized spacial score (nSPS) is 10.5. The number of nitrogens with zero attached hydrogens (tertiary/aromatic N) is 1. The molecule has 0 unspecified atom stereocenters. The molecule has 5 nitrogen and oxygen atoms in total. The van der Waals surface area contributed by atoms with Crippen molar-refractivity contribution in [2.24, 2.45) is 5.92 Å². The highest BCUT2D eigenvalue weighted by Gasteiger charge is 2.17. The molecule has 0 heterocycles. The smallest absolute Gasteiger partial charge is 0.323 e. The van der Waals surface area contributed by atoms with Crippen molar-refractivity contribution >= 4 is 23.8 Å². The van der Waals surface area contributed by atoms with Crippen LogP contribution in [0, 0.1) is 5.92 Å². The van der Waals surface area contributed by atoms with E-state index in [2.05, 4.69) is 11.6 Å². The lowest BCUT2D eigenvalue weighted by molar-refractivity contribution is -0.137. The first-order valence-corrected chi connectivity index (χ1v) is 8.10. The van der Waals surface area contributed by atoms with Crippen molar-refractivity contribution in [2.75, 3.05) is 31.6 Å². The number of carboxylic acid groups (broad SMARTS) is 1. The molecule has 0 atom stereocenters. The maximum atomic E-state index is 11.9. The fourth-order valence-corrected chi connectivity index (χ4v) is 2.17. The minimum atomic E-state index is -0.976. The van der Waals surface area contributed by atoms with Crippen molar-refractivity contribution in [3.63, 3.8) is 0 Å². The van der Waals surface area contributed by atoms with Gasteiger partial charge in [-0.1, -0.05) is 20.3 Å². The highest BCUT2D eigenvalue weighted by atomic mass is 32.2. The van der Waals surface area contributed by atoms with Crippen molar-refractivity contribution in [2.45, 2.75) is 33.1 Å². The van der Waals surface area contributed by atoms with E-state index in [1.165, 1.54) is 4.90 Å². The van der Waals surface area contributed by atoms with Gasteiger partial charge in [0.1, 0.15) is 6.54 Å². The Hall–Kier alpha value is -0.910. The molecule has 0 aliphatic heterocycles. The lowest BCUT2D eigenvalue weighted by Gasteiger charge is -2.23. The van der Waals surface area contributed by atoms with Gasteiger partial charge in [-0.05, 0) is 30.8 Å². The molecule has 0 spiro atoms. The van der Waals surface area contributed by atoms with Crippen LogP contribution in [0.3, 0.4) is 0 Å². The van der Waals surface area contributed by atoms with Crippen LogP contribution in [0.2, 0.25) is 0 Å². The summed E-state index contributed by atoms with van der Waals surface area (Å²) < 4.78 is 0. The maximum absolute atomic E-state index is 11.9. The number of hydrogen-bond donors (Lipinski definition) is 2. The molecule has 19 heavy (non-hydrogen) atoms. The molecule has 112 valence electrons. The number of carbonyl (C=O) groups excluding carboxylic acids is 1. The molecule has 0 fully saturated rings. The number of carbonyl (C=O) groups is 2. The van der Waals surface area contributed by atoms with Crippen molar-refractivity contribution in [3.8, 4) is 0 Å². The van der Waals surface area contributed by atoms with Crippen LogP contribution in [-0.4, -0.2) is 53.6 Å². The Labute approximate surface area is 120 Å². The van der Waals surface area contributed by atoms with Crippen LogP contribution in [0.4, 0.5) is 4.79 Å². The van der Waals surface area contributed by atoms with Gasteiger partial charge in [0, 0.05) is 13.1 Å². The van der Waals surface area contributed by atoms with Crippen molar-refractivity contribution in [1.29, 1.82) is 0 Å². The third kappa shape index (κ3) is 10.7. The van der Waals surface area contributed by atoms with Gasteiger partial charge in [-0.3, -0.25) is 4.79 Å². The first-order valence-electron chi connectivity index (χ1n) is 6.70. The molecule has 0 rings (SSSR count). The standard InChI is InChI=1S/C13H26N2O3S/c1-11(2)9-15(10-12(16)17)13(18)14-7-5-4-6-8-19-3/h11H,4-10H2,1-3H3,(H,14,18)(H,16,17). The first-order chi connectivity index (χ1) is 8.97. The average molecular weight is 290 g/mol. The van der Waals surface area contributed by atoms with E-state index >= 15 is 0 Å². The zero-order chi connectivity index (χ0) is 14.7. The van der Waals surface area contributed by atoms with Gasteiger partial charge in [-0.15, -0.1) is 0 Å². The van der Waals surface area contributed by atoms with Gasteiger partial charge in [-0.25, -0.2) is 4.79 Å². The van der Waals surface area contributed by atoms with E-state index in [-0.39, 0.29) is 18.5 Å². The number of urea groups is 1. The Bertz CT molecular complexity index is 273. The summed E-state index contributed by atoms with van der Waals surface area (Å²) in [4.78, 5) is 23.9. The molecule has 2 amide bonds. The largest absolute Gasteiger partial charge is 0.480 e. The zero-order valence-electron chi connectivity index (χ0n) is 12.1. The Morgan fingerprint density at radius 1 is 1.26 bits per heavy atom. The topological polar surface area (TPSA) is 69.6 Å². The van der Waals surface area contributed by atoms with Gasteiger partial charge >= 0.3 is 12.0 Å². The minimum Gasteiger partial charge on any atom is -0.480 e. The second-order valence-corrected chi connectivity index (χ2v) is 5.94. The number of nitrogens with one attached hydrogen (secondary N) is 1. The summed E-state index contributed by atoms with van der Waals surface area (Å²) in [6.45, 7) is 4.76. The van der Waals surface area contributed by atoms with E-state index in [1.807, 2.05) is 25.6 Å². The molecule has 6 heteroatoms. The number of amides is 2. The highest BCUT2D eigenvalue weighted by molar-refractivity contribution is 7.98. The summed E-state index contributed by atoms with van der Waals surface area (Å²) in [5.41, 5.74) is 0. The quantitative estimate of drug-likeness (QED) is 0.606. The molecule has 0 aromatic carbocycles. The van der Waals surface area contributed by atoms with Crippen molar-refractivity contribution < 1.29 is 14.7 Å². The van der Waals surface area contributed by atoms with Gasteiger partial charge in [0.25, 0.3) is 0 Å². The molecular formula is C13H26N2O3S. The van der Waals surface area contributed by atoms with E-state index in [1.54, 1.807) is 0 Å². The Kier molecular flexibility index (Phi) is 10.4. The molecule has 0 saturated carbocycles. The molecule has 0 radical (unpaired) electrons. The molecule has 0 bridgehead atoms. The lowest BCUT2D eigenvalue weighted by atomic mass is 10.2. The Morgan fingerprint density at radius 2 is 1.95 bits per heavy atom. The van der Waals surface area contributed by atoms with E-state index in [9.17, 15) is 9.59 Å². The highest BCUT2D eigenvalue weighted by Crippen LogP contribution is 2.02. The number of unbranched alkanes of at least 4 members (excludes halogenated alkanes) is 2. The van der Waals surface area contributed by atoms with Crippen LogP contribution in [0.1, 0.15) is 33.1 Å². The summed E-state index contributed by atoms with van der Waals surface area (Å²) in [5.74, 6) is 0.425. The van der Waals surface area contributed by atoms with E-state index in [4.69, 9.17) is 5.11 Å². The molecule has 0 saturated heterocycles. The third-order valence-corrected chi connectivity index (χ3v) is 3.20. The molecular weight excluding hydrogens is 264 g/mol. The predicted octanol–water partition coefficient (Wildman–Crippen LogP) is 2.27. The number of rotatable bonds is 10. The van der Waals surface area contributed by atoms with E-state index in [0.29, 0.717) is 13.1 Å². The fourth-order valence-electron chi connectivity index (χ4n) is 1.68. The fraction of sp³-hybridized carbons (Fsp3) is 0.846. The summed E-state index contributed by atoms with van der Waals surface area (Å²) in [6, 6.07) is -0.277. The van der Waals surface area contributed by atoms with Crippen LogP contribution in [-0.2, 0) is 4.79 Å². The monoisotopic (exact) mass is 290 g/mol. The van der Waals surface area contributed by atoms with E-state index < -0.39 is 5.97 Å². The van der Waals surface area contributed by atoms with Crippen LogP contribution in [0.15, 0.2) is 0 Å². The third-order valence-electron chi connectivity index (χ3n) is 2.50. The number of hydrogen-bond acceptors (Lipinski definition) is 3. The van der Waals surface area contributed by atoms with Gasteiger partial charge in [0.15, 0.2) is 0 Å².